The molecule has 0 nitrogen and oxygen atoms in total. The van der Waals surface area contributed by atoms with Gasteiger partial charge in [0, 0.05) is 0 Å². The zero-order chi connectivity index (χ0) is 11.4. The molecule has 78 valence electrons. The van der Waals surface area contributed by atoms with Gasteiger partial charge in [-0.1, -0.05) is 0 Å². The van der Waals surface area contributed by atoms with Crippen molar-refractivity contribution in [2.24, 2.45) is 5.92 Å². The molecule has 0 bridgehead atoms. The Bertz CT molecular complexity index is 297. The molecule has 0 saturated carbocycles. The zero-order valence-electron chi connectivity index (χ0n) is 10.8. The molecule has 0 amide bonds. The minimum atomic E-state index is 0.693. The summed E-state index contributed by atoms with van der Waals surface area (Å²) >= 11 is 2.35. The third kappa shape index (κ3) is 4.05. The Labute approximate surface area is 104 Å². The fourth-order valence-corrected chi connectivity index (χ4v) is 2.20. The summed E-state index contributed by atoms with van der Waals surface area (Å²) in [6.45, 7) is 9.00. The van der Waals surface area contributed by atoms with Crippen molar-refractivity contribution in [2.75, 3.05) is 0 Å². The molecule has 1 rings (SSSR count). The summed E-state index contributed by atoms with van der Waals surface area (Å²) in [4.78, 5) is 0. The summed E-state index contributed by atoms with van der Waals surface area (Å²) in [6, 6.07) is 6.92. The second-order valence-corrected chi connectivity index (χ2v) is 5.07. The van der Waals surface area contributed by atoms with Gasteiger partial charge in [-0.2, -0.15) is 0 Å². The maximum absolute atomic E-state index is 2.35. The van der Waals surface area contributed by atoms with Gasteiger partial charge in [0.2, 0.25) is 0 Å². The predicted molar refractivity (Wildman–Crippen MR) is 68.5 cm³/mol. The fourth-order valence-electron chi connectivity index (χ4n) is 2.20. The summed E-state index contributed by atoms with van der Waals surface area (Å²) < 4.78 is 0.693. The van der Waals surface area contributed by atoms with Gasteiger partial charge >= 0.3 is 104 Å². The van der Waals surface area contributed by atoms with Crippen LogP contribution < -0.4 is 0 Å². The molecule has 1 aromatic carbocycles. The second-order valence-electron chi connectivity index (χ2n) is 5.07. The van der Waals surface area contributed by atoms with E-state index < -0.39 is 0 Å². The Morgan fingerprint density at radius 3 is 2.13 bits per heavy atom. The van der Waals surface area contributed by atoms with E-state index in [1.165, 1.54) is 29.5 Å². The molecule has 2 atom stereocenters. The van der Waals surface area contributed by atoms with E-state index >= 15 is 0 Å². The monoisotopic (exact) mass is 196 g/mol. The first-order valence-electron chi connectivity index (χ1n) is 6.11. The summed E-state index contributed by atoms with van der Waals surface area (Å²) in [5, 5.41) is 0. The molecule has 0 fully saturated rings. The van der Waals surface area contributed by atoms with E-state index in [1.54, 1.807) is 0 Å². The molecule has 0 heterocycles. The Kier molecular flexibility index (Phi) is 4.97. The van der Waals surface area contributed by atoms with Crippen LogP contribution in [0.25, 0.3) is 0 Å². The van der Waals surface area contributed by atoms with Crippen molar-refractivity contribution in [2.45, 2.75) is 45.1 Å². The molecule has 1 aromatic rings. The van der Waals surface area contributed by atoms with Crippen LogP contribution in [0.4, 0.5) is 0 Å². The van der Waals surface area contributed by atoms with Crippen molar-refractivity contribution in [1.29, 1.82) is 0 Å². The van der Waals surface area contributed by atoms with Crippen molar-refractivity contribution < 1.29 is 0 Å². The Morgan fingerprint density at radius 1 is 1.13 bits per heavy atom. The van der Waals surface area contributed by atoms with Crippen molar-refractivity contribution >= 4 is 17.7 Å². The standard InChI is InChI=1S/C14H21.Li/c1-5-11(2)6-7-14-9-12(3)8-13(4)10-14;/h7-11H,5-6H2,1-4H3;. The number of hydrogen-bond donors (Lipinski definition) is 0. The number of benzene rings is 1. The molecular formula is C14H21Li. The van der Waals surface area contributed by atoms with Gasteiger partial charge in [-0.3, -0.25) is 0 Å². The van der Waals surface area contributed by atoms with E-state index in [0.29, 0.717) is 4.59 Å². The molecule has 2 unspecified atom stereocenters. The molecule has 0 radical (unpaired) electrons. The van der Waals surface area contributed by atoms with E-state index in [0.717, 1.165) is 5.92 Å². The van der Waals surface area contributed by atoms with Crippen LogP contribution in [0.5, 0.6) is 0 Å². The third-order valence-corrected chi connectivity index (χ3v) is 3.27. The van der Waals surface area contributed by atoms with Gasteiger partial charge in [0.05, 0.1) is 0 Å². The molecule has 0 saturated heterocycles. The number of hydrogen-bond acceptors (Lipinski definition) is 0. The second kappa shape index (κ2) is 5.78. The first-order chi connectivity index (χ1) is 7.02. The average molecular weight is 196 g/mol. The van der Waals surface area contributed by atoms with Crippen LogP contribution in [-0.4, -0.2) is 17.7 Å². The summed E-state index contributed by atoms with van der Waals surface area (Å²) in [7, 11) is 0. The quantitative estimate of drug-likeness (QED) is 0.640. The molecule has 0 aliphatic carbocycles. The van der Waals surface area contributed by atoms with E-state index in [4.69, 9.17) is 0 Å². The van der Waals surface area contributed by atoms with Crippen LogP contribution in [0.1, 0.15) is 48.0 Å². The molecule has 1 heteroatoms. The Balaban J connectivity index is 2.77. The molecule has 15 heavy (non-hydrogen) atoms. The molecule has 0 aliphatic rings. The van der Waals surface area contributed by atoms with Gasteiger partial charge < -0.3 is 0 Å². The SMILES string of the molecule is [Li][CH](CC(C)CC)c1cc(C)cc(C)c1. The Hall–Kier alpha value is -0.183. The average Bonchev–Trinajstić information content (AvgIpc) is 2.16. The van der Waals surface area contributed by atoms with Gasteiger partial charge in [0.1, 0.15) is 0 Å². The van der Waals surface area contributed by atoms with Crippen LogP contribution in [0.3, 0.4) is 0 Å². The van der Waals surface area contributed by atoms with Crippen LogP contribution in [0, 0.1) is 19.8 Å². The summed E-state index contributed by atoms with van der Waals surface area (Å²) in [5.41, 5.74) is 4.29. The number of aryl methyl sites for hydroxylation is 2. The fraction of sp³-hybridized carbons (Fsp3) is 0.571. The molecule has 0 aromatic heterocycles. The molecule has 0 spiro atoms. The van der Waals surface area contributed by atoms with E-state index in [9.17, 15) is 0 Å². The third-order valence-electron chi connectivity index (χ3n) is 3.27. The van der Waals surface area contributed by atoms with Crippen molar-refractivity contribution in [3.8, 4) is 0 Å². The van der Waals surface area contributed by atoms with E-state index in [1.807, 2.05) is 0 Å². The topological polar surface area (TPSA) is 0 Å². The molecule has 0 N–H and O–H groups in total. The van der Waals surface area contributed by atoms with Gasteiger partial charge in [-0.15, -0.1) is 0 Å². The van der Waals surface area contributed by atoms with Crippen LogP contribution in [0.15, 0.2) is 18.2 Å². The first-order valence-corrected chi connectivity index (χ1v) is 6.11. The van der Waals surface area contributed by atoms with Crippen molar-refractivity contribution in [3.63, 3.8) is 0 Å². The minimum absolute atomic E-state index is 0.693. The zero-order valence-corrected chi connectivity index (χ0v) is 10.8. The molecule has 0 aliphatic heterocycles. The molecular weight excluding hydrogens is 175 g/mol. The van der Waals surface area contributed by atoms with E-state index in [2.05, 4.69) is 63.6 Å². The summed E-state index contributed by atoms with van der Waals surface area (Å²) in [6.07, 6.45) is 2.59. The number of rotatable bonds is 4. The first kappa shape index (κ1) is 12.9. The van der Waals surface area contributed by atoms with Gasteiger partial charge in [-0.25, -0.2) is 0 Å². The normalized spacial score (nSPS) is 15.1. The summed E-state index contributed by atoms with van der Waals surface area (Å²) in [5.74, 6) is 0.834. The van der Waals surface area contributed by atoms with Crippen molar-refractivity contribution in [3.05, 3.63) is 34.9 Å². The van der Waals surface area contributed by atoms with Crippen LogP contribution in [0.2, 0.25) is 0 Å². The van der Waals surface area contributed by atoms with Crippen molar-refractivity contribution in [1.82, 2.24) is 0 Å². The van der Waals surface area contributed by atoms with Gasteiger partial charge in [0.15, 0.2) is 0 Å². The Morgan fingerprint density at radius 2 is 1.67 bits per heavy atom. The van der Waals surface area contributed by atoms with Gasteiger partial charge in [-0.05, 0) is 0 Å². The predicted octanol–water partition coefficient (Wildman–Crippen LogP) is 3.95. The van der Waals surface area contributed by atoms with Crippen LogP contribution >= 0.6 is 0 Å². The van der Waals surface area contributed by atoms with E-state index in [-0.39, 0.29) is 0 Å². The van der Waals surface area contributed by atoms with Crippen LogP contribution in [-0.2, 0) is 0 Å². The maximum atomic E-state index is 2.35. The van der Waals surface area contributed by atoms with Gasteiger partial charge in [0.25, 0.3) is 0 Å².